The van der Waals surface area contributed by atoms with E-state index in [1.165, 1.54) is 16.5 Å². The molecular weight excluding hydrogens is 258 g/mol. The van der Waals surface area contributed by atoms with E-state index < -0.39 is 0 Å². The van der Waals surface area contributed by atoms with Gasteiger partial charge < -0.3 is 10.6 Å². The van der Waals surface area contributed by atoms with Gasteiger partial charge in [-0.1, -0.05) is 32.0 Å². The summed E-state index contributed by atoms with van der Waals surface area (Å²) in [4.78, 5) is 4.68. The molecule has 1 atom stereocenters. The van der Waals surface area contributed by atoms with Crippen LogP contribution in [0.5, 0.6) is 0 Å². The molecule has 0 aliphatic rings. The summed E-state index contributed by atoms with van der Waals surface area (Å²) in [6.07, 6.45) is 0. The van der Waals surface area contributed by atoms with Gasteiger partial charge in [0, 0.05) is 36.3 Å². The first-order chi connectivity index (χ1) is 9.99. The maximum absolute atomic E-state index is 4.68. The van der Waals surface area contributed by atoms with Gasteiger partial charge in [-0.05, 0) is 38.0 Å². The van der Waals surface area contributed by atoms with Crippen LogP contribution >= 0.6 is 0 Å². The summed E-state index contributed by atoms with van der Waals surface area (Å²) in [7, 11) is 0. The summed E-state index contributed by atoms with van der Waals surface area (Å²) in [6.45, 7) is 12.7. The Morgan fingerprint density at radius 1 is 1.05 bits per heavy atom. The van der Waals surface area contributed by atoms with Crippen LogP contribution in [0.1, 0.15) is 37.6 Å². The zero-order valence-electron chi connectivity index (χ0n) is 13.8. The van der Waals surface area contributed by atoms with Crippen LogP contribution in [0.25, 0.3) is 10.9 Å². The molecule has 0 saturated heterocycles. The molecule has 2 aromatic rings. The third-order valence-corrected chi connectivity index (χ3v) is 3.97. The van der Waals surface area contributed by atoms with E-state index in [0.29, 0.717) is 12.1 Å². The molecule has 1 heterocycles. The lowest BCUT2D eigenvalue weighted by atomic mass is 10.0. The third kappa shape index (κ3) is 4.02. The molecule has 3 nitrogen and oxygen atoms in total. The van der Waals surface area contributed by atoms with Gasteiger partial charge in [-0.3, -0.25) is 4.98 Å². The van der Waals surface area contributed by atoms with E-state index in [9.17, 15) is 0 Å². The predicted molar refractivity (Wildman–Crippen MR) is 90.7 cm³/mol. The molecule has 0 amide bonds. The number of hydrogen-bond donors (Lipinski definition) is 2. The van der Waals surface area contributed by atoms with Crippen LogP contribution < -0.4 is 10.6 Å². The average molecular weight is 285 g/mol. The van der Waals surface area contributed by atoms with Crippen molar-refractivity contribution in [3.63, 3.8) is 0 Å². The van der Waals surface area contributed by atoms with Crippen LogP contribution in [0, 0.1) is 13.8 Å². The molecule has 0 bridgehead atoms. The monoisotopic (exact) mass is 285 g/mol. The Kier molecular flexibility index (Phi) is 5.32. The highest BCUT2D eigenvalue weighted by Crippen LogP contribution is 2.22. The molecule has 0 fully saturated rings. The molecule has 0 spiro atoms. The highest BCUT2D eigenvalue weighted by Gasteiger charge is 2.10. The fraction of sp³-hybridized carbons (Fsp3) is 0.500. The normalized spacial score (nSPS) is 13.0. The van der Waals surface area contributed by atoms with Crippen LogP contribution in [-0.4, -0.2) is 23.6 Å². The second-order valence-electron chi connectivity index (χ2n) is 6.16. The van der Waals surface area contributed by atoms with E-state index in [2.05, 4.69) is 74.5 Å². The molecule has 0 saturated carbocycles. The van der Waals surface area contributed by atoms with E-state index >= 15 is 0 Å². The lowest BCUT2D eigenvalue weighted by molar-refractivity contribution is 0.474. The van der Waals surface area contributed by atoms with E-state index in [0.717, 1.165) is 24.3 Å². The molecular formula is C18H27N3. The molecule has 114 valence electrons. The minimum atomic E-state index is 0.444. The lowest BCUT2D eigenvalue weighted by Crippen LogP contribution is -2.38. The van der Waals surface area contributed by atoms with Crippen molar-refractivity contribution in [3.8, 4) is 0 Å². The second-order valence-corrected chi connectivity index (χ2v) is 6.16. The predicted octanol–water partition coefficient (Wildman–Crippen LogP) is 3.33. The third-order valence-electron chi connectivity index (χ3n) is 3.97. The molecule has 0 radical (unpaired) electrons. The van der Waals surface area contributed by atoms with Crippen molar-refractivity contribution in [3.05, 3.63) is 41.1 Å². The van der Waals surface area contributed by atoms with Gasteiger partial charge in [0.1, 0.15) is 0 Å². The molecule has 21 heavy (non-hydrogen) atoms. The molecule has 0 aliphatic heterocycles. The highest BCUT2D eigenvalue weighted by molar-refractivity contribution is 5.83. The van der Waals surface area contributed by atoms with Gasteiger partial charge >= 0.3 is 0 Å². The van der Waals surface area contributed by atoms with Crippen LogP contribution in [0.2, 0.25) is 0 Å². The van der Waals surface area contributed by atoms with Gasteiger partial charge in [0.15, 0.2) is 0 Å². The minimum absolute atomic E-state index is 0.444. The summed E-state index contributed by atoms with van der Waals surface area (Å²) in [5.41, 5.74) is 4.88. The van der Waals surface area contributed by atoms with Gasteiger partial charge in [0.25, 0.3) is 0 Å². The maximum atomic E-state index is 4.68. The number of benzene rings is 1. The van der Waals surface area contributed by atoms with Crippen LogP contribution in [0.4, 0.5) is 0 Å². The summed E-state index contributed by atoms with van der Waals surface area (Å²) in [5.74, 6) is 0. The molecule has 1 aromatic heterocycles. The van der Waals surface area contributed by atoms with Gasteiger partial charge in [-0.25, -0.2) is 0 Å². The molecule has 1 unspecified atom stereocenters. The Labute approximate surface area is 128 Å². The second kappa shape index (κ2) is 7.01. The minimum Gasteiger partial charge on any atom is -0.313 e. The Morgan fingerprint density at radius 2 is 1.76 bits per heavy atom. The van der Waals surface area contributed by atoms with Crippen molar-refractivity contribution in [1.29, 1.82) is 0 Å². The highest BCUT2D eigenvalue weighted by atomic mass is 15.0. The molecule has 3 heteroatoms. The first-order valence-corrected chi connectivity index (χ1v) is 7.80. The lowest BCUT2D eigenvalue weighted by Gasteiger charge is -2.19. The van der Waals surface area contributed by atoms with Crippen molar-refractivity contribution in [1.82, 2.24) is 15.6 Å². The Hall–Kier alpha value is -1.45. The standard InChI is InChI=1S/C18H27N3/c1-12(2)19-10-13(3)20-11-17-14(4)15(5)21-18-9-7-6-8-16(17)18/h6-9,12-13,19-20H,10-11H2,1-5H3. The molecule has 0 aliphatic carbocycles. The number of nitrogens with zero attached hydrogens (tertiary/aromatic N) is 1. The van der Waals surface area contributed by atoms with Crippen LogP contribution in [-0.2, 0) is 6.54 Å². The number of pyridine rings is 1. The molecule has 1 aromatic carbocycles. The summed E-state index contributed by atoms with van der Waals surface area (Å²) >= 11 is 0. The summed E-state index contributed by atoms with van der Waals surface area (Å²) in [6, 6.07) is 9.37. The quantitative estimate of drug-likeness (QED) is 0.855. The SMILES string of the molecule is Cc1nc2ccccc2c(CNC(C)CNC(C)C)c1C. The van der Waals surface area contributed by atoms with Crippen molar-refractivity contribution in [2.45, 2.75) is 53.2 Å². The number of fused-ring (bicyclic) bond motifs is 1. The van der Waals surface area contributed by atoms with Crippen molar-refractivity contribution >= 4 is 10.9 Å². The number of aromatic nitrogens is 1. The van der Waals surface area contributed by atoms with Crippen LogP contribution in [0.3, 0.4) is 0 Å². The Balaban J connectivity index is 2.16. The van der Waals surface area contributed by atoms with Gasteiger partial charge in [0.2, 0.25) is 0 Å². The molecule has 2 N–H and O–H groups in total. The first kappa shape index (κ1) is 15.9. The fourth-order valence-electron chi connectivity index (χ4n) is 2.50. The number of hydrogen-bond acceptors (Lipinski definition) is 3. The number of para-hydroxylation sites is 1. The topological polar surface area (TPSA) is 37.0 Å². The van der Waals surface area contributed by atoms with Gasteiger partial charge in [-0.2, -0.15) is 0 Å². The van der Waals surface area contributed by atoms with Gasteiger partial charge in [0.05, 0.1) is 5.52 Å². The maximum Gasteiger partial charge on any atom is 0.0708 e. The smallest absolute Gasteiger partial charge is 0.0708 e. The number of nitrogens with one attached hydrogen (secondary N) is 2. The van der Waals surface area contributed by atoms with Crippen LogP contribution in [0.15, 0.2) is 24.3 Å². The van der Waals surface area contributed by atoms with Crippen molar-refractivity contribution in [2.24, 2.45) is 0 Å². The van der Waals surface area contributed by atoms with E-state index in [1.54, 1.807) is 0 Å². The van der Waals surface area contributed by atoms with Gasteiger partial charge in [-0.15, -0.1) is 0 Å². The van der Waals surface area contributed by atoms with E-state index in [1.807, 2.05) is 0 Å². The first-order valence-electron chi connectivity index (χ1n) is 7.80. The van der Waals surface area contributed by atoms with E-state index in [-0.39, 0.29) is 0 Å². The zero-order valence-corrected chi connectivity index (χ0v) is 13.8. The Morgan fingerprint density at radius 3 is 2.48 bits per heavy atom. The summed E-state index contributed by atoms with van der Waals surface area (Å²) in [5, 5.41) is 8.36. The van der Waals surface area contributed by atoms with E-state index in [4.69, 9.17) is 0 Å². The summed E-state index contributed by atoms with van der Waals surface area (Å²) < 4.78 is 0. The largest absolute Gasteiger partial charge is 0.313 e. The Bertz CT molecular complexity index is 605. The fourth-order valence-corrected chi connectivity index (χ4v) is 2.50. The number of rotatable bonds is 6. The molecule has 2 rings (SSSR count). The van der Waals surface area contributed by atoms with Crippen molar-refractivity contribution < 1.29 is 0 Å². The van der Waals surface area contributed by atoms with Crippen molar-refractivity contribution in [2.75, 3.05) is 6.54 Å². The average Bonchev–Trinajstić information content (AvgIpc) is 2.45. The zero-order chi connectivity index (χ0) is 15.4. The number of aryl methyl sites for hydroxylation is 1.